The van der Waals surface area contributed by atoms with Gasteiger partial charge in [-0.1, -0.05) is 30.3 Å². The Morgan fingerprint density at radius 3 is 2.46 bits per heavy atom. The third-order valence-electron chi connectivity index (χ3n) is 4.40. The number of amides is 1. The molecule has 0 spiro atoms. The molecule has 0 fully saturated rings. The molecule has 1 amide bonds. The molecule has 2 aromatic rings. The molecule has 0 bridgehead atoms. The van der Waals surface area contributed by atoms with Crippen LogP contribution in [0.4, 0.5) is 11.4 Å². The van der Waals surface area contributed by atoms with Crippen molar-refractivity contribution in [2.75, 3.05) is 22.5 Å². The molecule has 3 rings (SSSR count). The van der Waals surface area contributed by atoms with Gasteiger partial charge in [-0.25, -0.2) is 8.42 Å². The fraction of sp³-hybridized carbons (Fsp3) is 0.278. The number of hydrogen-bond acceptors (Lipinski definition) is 3. The van der Waals surface area contributed by atoms with Crippen molar-refractivity contribution in [3.63, 3.8) is 0 Å². The largest absolute Gasteiger partial charge is 0.305 e. The van der Waals surface area contributed by atoms with Gasteiger partial charge >= 0.3 is 0 Å². The van der Waals surface area contributed by atoms with E-state index in [-0.39, 0.29) is 11.9 Å². The second kappa shape index (κ2) is 5.94. The van der Waals surface area contributed by atoms with Crippen molar-refractivity contribution >= 4 is 27.3 Å². The molecule has 1 aliphatic rings. The Bertz CT molecular complexity index is 893. The first-order valence-electron chi connectivity index (χ1n) is 7.75. The maximum atomic E-state index is 13.2. The minimum absolute atomic E-state index is 0.0338. The molecule has 0 radical (unpaired) electrons. The van der Waals surface area contributed by atoms with Crippen LogP contribution in [-0.4, -0.2) is 33.7 Å². The standard InChI is InChI=1S/C18H20N2O3S/c1-13-12-14-8-4-6-10-16(14)20(13)18(21)15-9-5-7-11-17(15)19(2)24(3,22)23/h4-11,13H,12H2,1-3H3. The first kappa shape index (κ1) is 16.5. The number of carbonyl (C=O) groups is 1. The fourth-order valence-corrected chi connectivity index (χ4v) is 3.63. The van der Waals surface area contributed by atoms with Gasteiger partial charge < -0.3 is 4.90 Å². The van der Waals surface area contributed by atoms with E-state index in [1.807, 2.05) is 31.2 Å². The van der Waals surface area contributed by atoms with E-state index < -0.39 is 10.0 Å². The van der Waals surface area contributed by atoms with Crippen LogP contribution in [0.2, 0.25) is 0 Å². The van der Waals surface area contributed by atoms with E-state index in [1.54, 1.807) is 29.2 Å². The summed E-state index contributed by atoms with van der Waals surface area (Å²) < 4.78 is 24.9. The van der Waals surface area contributed by atoms with Crippen LogP contribution in [-0.2, 0) is 16.4 Å². The predicted octanol–water partition coefficient (Wildman–Crippen LogP) is 2.67. The molecule has 2 aromatic carbocycles. The summed E-state index contributed by atoms with van der Waals surface area (Å²) in [7, 11) is -1.99. The van der Waals surface area contributed by atoms with Gasteiger partial charge in [0.05, 0.1) is 17.5 Å². The molecule has 0 saturated carbocycles. The molecule has 126 valence electrons. The smallest absolute Gasteiger partial charge is 0.260 e. The van der Waals surface area contributed by atoms with Crippen LogP contribution in [0.25, 0.3) is 0 Å². The Hall–Kier alpha value is -2.34. The lowest BCUT2D eigenvalue weighted by atomic mass is 10.1. The summed E-state index contributed by atoms with van der Waals surface area (Å²) >= 11 is 0. The van der Waals surface area contributed by atoms with Crippen molar-refractivity contribution < 1.29 is 13.2 Å². The summed E-state index contributed by atoms with van der Waals surface area (Å²) in [6.45, 7) is 2.00. The molecule has 1 aliphatic heterocycles. The highest BCUT2D eigenvalue weighted by atomic mass is 32.2. The van der Waals surface area contributed by atoms with E-state index in [9.17, 15) is 13.2 Å². The topological polar surface area (TPSA) is 57.7 Å². The zero-order valence-corrected chi connectivity index (χ0v) is 14.7. The molecule has 0 saturated heterocycles. The summed E-state index contributed by atoms with van der Waals surface area (Å²) in [6, 6.07) is 14.7. The summed E-state index contributed by atoms with van der Waals surface area (Å²) in [5, 5.41) is 0. The van der Waals surface area contributed by atoms with Crippen LogP contribution in [0.5, 0.6) is 0 Å². The first-order valence-corrected chi connectivity index (χ1v) is 9.60. The highest BCUT2D eigenvalue weighted by Gasteiger charge is 2.33. The predicted molar refractivity (Wildman–Crippen MR) is 96.1 cm³/mol. The maximum absolute atomic E-state index is 13.2. The molecule has 0 aliphatic carbocycles. The average molecular weight is 344 g/mol. The lowest BCUT2D eigenvalue weighted by molar-refractivity contribution is 0.0982. The number of nitrogens with zero attached hydrogens (tertiary/aromatic N) is 2. The number of rotatable bonds is 3. The fourth-order valence-electron chi connectivity index (χ4n) is 3.11. The van der Waals surface area contributed by atoms with Crippen molar-refractivity contribution in [1.29, 1.82) is 0 Å². The molecule has 1 atom stereocenters. The second-order valence-corrected chi connectivity index (χ2v) is 8.12. The van der Waals surface area contributed by atoms with Gasteiger partial charge in [-0.3, -0.25) is 9.10 Å². The highest BCUT2D eigenvalue weighted by molar-refractivity contribution is 7.92. The van der Waals surface area contributed by atoms with Crippen LogP contribution in [0.15, 0.2) is 48.5 Å². The quantitative estimate of drug-likeness (QED) is 0.860. The number of hydrogen-bond donors (Lipinski definition) is 0. The lowest BCUT2D eigenvalue weighted by Gasteiger charge is -2.26. The van der Waals surface area contributed by atoms with Crippen LogP contribution < -0.4 is 9.21 Å². The first-order chi connectivity index (χ1) is 11.3. The highest BCUT2D eigenvalue weighted by Crippen LogP contribution is 2.34. The molecule has 0 aromatic heterocycles. The number of fused-ring (bicyclic) bond motifs is 1. The van der Waals surface area contributed by atoms with Gasteiger partial charge in [0.25, 0.3) is 5.91 Å². The van der Waals surface area contributed by atoms with Crippen LogP contribution in [0.1, 0.15) is 22.8 Å². The Balaban J connectivity index is 2.06. The number of carbonyl (C=O) groups excluding carboxylic acids is 1. The Morgan fingerprint density at radius 2 is 1.75 bits per heavy atom. The van der Waals surface area contributed by atoms with E-state index in [0.717, 1.165) is 28.2 Å². The maximum Gasteiger partial charge on any atom is 0.260 e. The van der Waals surface area contributed by atoms with Gasteiger partial charge in [-0.05, 0) is 37.1 Å². The minimum Gasteiger partial charge on any atom is -0.305 e. The summed E-state index contributed by atoms with van der Waals surface area (Å²) in [6.07, 6.45) is 1.92. The monoisotopic (exact) mass is 344 g/mol. The van der Waals surface area contributed by atoms with Gasteiger partial charge in [-0.15, -0.1) is 0 Å². The van der Waals surface area contributed by atoms with Gasteiger partial charge in [0.15, 0.2) is 0 Å². The molecule has 1 heterocycles. The van der Waals surface area contributed by atoms with Crippen molar-refractivity contribution in [3.8, 4) is 0 Å². The third-order valence-corrected chi connectivity index (χ3v) is 5.59. The number of benzene rings is 2. The van der Waals surface area contributed by atoms with E-state index >= 15 is 0 Å². The Labute approximate surface area is 142 Å². The average Bonchev–Trinajstić information content (AvgIpc) is 2.88. The van der Waals surface area contributed by atoms with Crippen LogP contribution in [0, 0.1) is 0 Å². The van der Waals surface area contributed by atoms with Crippen LogP contribution in [0.3, 0.4) is 0 Å². The number of sulfonamides is 1. The minimum atomic E-state index is -3.45. The van der Waals surface area contributed by atoms with Crippen molar-refractivity contribution in [2.24, 2.45) is 0 Å². The normalized spacial score (nSPS) is 16.8. The SMILES string of the molecule is CC1Cc2ccccc2N1C(=O)c1ccccc1N(C)S(C)(=O)=O. The summed E-state index contributed by atoms with van der Waals surface area (Å²) in [5.74, 6) is -0.182. The van der Waals surface area contributed by atoms with Crippen molar-refractivity contribution in [3.05, 3.63) is 59.7 Å². The molecular weight excluding hydrogens is 324 g/mol. The van der Waals surface area contributed by atoms with Gasteiger partial charge in [0.2, 0.25) is 10.0 Å². The van der Waals surface area contributed by atoms with Crippen molar-refractivity contribution in [2.45, 2.75) is 19.4 Å². The molecular formula is C18H20N2O3S. The number of anilines is 2. The molecule has 5 nitrogen and oxygen atoms in total. The summed E-state index contributed by atoms with van der Waals surface area (Å²) in [4.78, 5) is 14.9. The molecule has 6 heteroatoms. The molecule has 0 N–H and O–H groups in total. The summed E-state index contributed by atoms with van der Waals surface area (Å²) in [5.41, 5.74) is 2.80. The van der Waals surface area contributed by atoms with Gasteiger partial charge in [-0.2, -0.15) is 0 Å². The molecule has 24 heavy (non-hydrogen) atoms. The second-order valence-electron chi connectivity index (χ2n) is 6.10. The Kier molecular flexibility index (Phi) is 4.09. The zero-order valence-electron chi connectivity index (χ0n) is 13.9. The molecule has 1 unspecified atom stereocenters. The Morgan fingerprint density at radius 1 is 1.12 bits per heavy atom. The van der Waals surface area contributed by atoms with E-state index in [4.69, 9.17) is 0 Å². The van der Waals surface area contributed by atoms with Gasteiger partial charge in [0.1, 0.15) is 0 Å². The lowest BCUT2D eigenvalue weighted by Crippen LogP contribution is -2.37. The zero-order chi connectivity index (χ0) is 17.5. The van der Waals surface area contributed by atoms with E-state index in [0.29, 0.717) is 11.3 Å². The number of para-hydroxylation sites is 2. The van der Waals surface area contributed by atoms with Crippen LogP contribution >= 0.6 is 0 Å². The van der Waals surface area contributed by atoms with E-state index in [2.05, 4.69) is 0 Å². The van der Waals surface area contributed by atoms with Crippen molar-refractivity contribution in [1.82, 2.24) is 0 Å². The third kappa shape index (κ3) is 2.78. The van der Waals surface area contributed by atoms with Gasteiger partial charge in [0, 0.05) is 18.8 Å². The van der Waals surface area contributed by atoms with E-state index in [1.165, 1.54) is 7.05 Å².